The fraction of sp³-hybridized carbons (Fsp3) is 0.333. The third kappa shape index (κ3) is 1.53. The number of aryl methyl sites for hydroxylation is 1. The second kappa shape index (κ2) is 2.53. The molecule has 1 aromatic heterocycles. The topological polar surface area (TPSA) is 64.4 Å². The Bertz CT molecular complexity index is 468. The van der Waals surface area contributed by atoms with Gasteiger partial charge in [-0.2, -0.15) is 0 Å². The van der Waals surface area contributed by atoms with Crippen LogP contribution in [0.1, 0.15) is 12.8 Å². The lowest BCUT2D eigenvalue weighted by atomic mass is 10.1. The number of oxazole rings is 1. The van der Waals surface area contributed by atoms with Crippen molar-refractivity contribution < 1.29 is 4.42 Å². The Kier molecular flexibility index (Phi) is 1.60. The fourth-order valence-corrected chi connectivity index (χ4v) is 1.25. The molecule has 0 amide bonds. The molecule has 1 aliphatic rings. The van der Waals surface area contributed by atoms with E-state index in [0.717, 1.165) is 5.35 Å². The normalized spacial score (nSPS) is 25.8. The Hall–Kier alpha value is -1.42. The number of nitrogens with two attached hydrogens (primary N) is 1. The fourth-order valence-electron chi connectivity index (χ4n) is 1.25. The molecule has 0 bridgehead atoms. The van der Waals surface area contributed by atoms with Crippen molar-refractivity contribution in [1.82, 2.24) is 4.98 Å². The second-order valence-corrected chi connectivity index (χ2v) is 3.40. The first kappa shape index (κ1) is 8.19. The molecule has 0 aliphatic carbocycles. The monoisotopic (exact) mass is 177 g/mol. The average Bonchev–Trinajstić information content (AvgIpc) is 2.23. The van der Waals surface area contributed by atoms with Crippen LogP contribution >= 0.6 is 0 Å². The van der Waals surface area contributed by atoms with Gasteiger partial charge in [0.15, 0.2) is 11.3 Å². The number of hydrogen-bond donors (Lipinski definition) is 1. The van der Waals surface area contributed by atoms with Crippen LogP contribution in [0.15, 0.2) is 9.41 Å². The number of hydrogen-bond acceptors (Lipinski definition) is 4. The SMILES string of the molecule is Cc1nc2c(o1)=CN=CC(C)(N)C=2. The molecule has 0 saturated heterocycles. The summed E-state index contributed by atoms with van der Waals surface area (Å²) < 4.78 is 5.31. The van der Waals surface area contributed by atoms with E-state index in [1.54, 1.807) is 19.3 Å². The smallest absolute Gasteiger partial charge is 0.192 e. The first-order chi connectivity index (χ1) is 6.07. The average molecular weight is 177 g/mol. The van der Waals surface area contributed by atoms with E-state index in [9.17, 15) is 0 Å². The van der Waals surface area contributed by atoms with Crippen LogP contribution in [-0.4, -0.2) is 16.7 Å². The lowest BCUT2D eigenvalue weighted by Crippen LogP contribution is -2.38. The molecule has 68 valence electrons. The van der Waals surface area contributed by atoms with Gasteiger partial charge < -0.3 is 10.2 Å². The highest BCUT2D eigenvalue weighted by atomic mass is 16.3. The Balaban J connectivity index is 2.76. The van der Waals surface area contributed by atoms with Crippen molar-refractivity contribution in [3.05, 3.63) is 16.7 Å². The number of nitrogens with zero attached hydrogens (tertiary/aromatic N) is 2. The van der Waals surface area contributed by atoms with E-state index in [4.69, 9.17) is 10.2 Å². The Morgan fingerprint density at radius 1 is 1.54 bits per heavy atom. The zero-order valence-electron chi connectivity index (χ0n) is 7.61. The van der Waals surface area contributed by atoms with Crippen LogP contribution in [0, 0.1) is 6.92 Å². The van der Waals surface area contributed by atoms with Crippen LogP contribution in [0.5, 0.6) is 0 Å². The summed E-state index contributed by atoms with van der Waals surface area (Å²) in [5, 5.41) is 0.764. The molecule has 4 nitrogen and oxygen atoms in total. The lowest BCUT2D eigenvalue weighted by Gasteiger charge is -2.10. The summed E-state index contributed by atoms with van der Waals surface area (Å²) in [6.07, 6.45) is 5.13. The molecule has 1 aromatic rings. The van der Waals surface area contributed by atoms with Gasteiger partial charge >= 0.3 is 0 Å². The van der Waals surface area contributed by atoms with Gasteiger partial charge in [-0.3, -0.25) is 4.99 Å². The molecule has 13 heavy (non-hydrogen) atoms. The quantitative estimate of drug-likeness (QED) is 0.570. The minimum Gasteiger partial charge on any atom is -0.439 e. The van der Waals surface area contributed by atoms with Crippen molar-refractivity contribution in [2.45, 2.75) is 19.4 Å². The lowest BCUT2D eigenvalue weighted by molar-refractivity contribution is 0.491. The third-order valence-electron chi connectivity index (χ3n) is 1.78. The van der Waals surface area contributed by atoms with Crippen molar-refractivity contribution >= 4 is 18.5 Å². The van der Waals surface area contributed by atoms with Crippen LogP contribution in [0.4, 0.5) is 0 Å². The molecule has 0 aromatic carbocycles. The standard InChI is InChI=1S/C9H11N3O/c1-6-12-7-3-9(2,10)5-11-4-8(7)13-6/h3-5H,10H2,1-2H3. The first-order valence-corrected chi connectivity index (χ1v) is 4.07. The van der Waals surface area contributed by atoms with E-state index >= 15 is 0 Å². The number of fused-ring (bicyclic) bond motifs is 1. The van der Waals surface area contributed by atoms with Crippen molar-refractivity contribution in [2.75, 3.05) is 0 Å². The Morgan fingerprint density at radius 2 is 2.31 bits per heavy atom. The molecule has 2 heterocycles. The van der Waals surface area contributed by atoms with Crippen molar-refractivity contribution in [3.63, 3.8) is 0 Å². The summed E-state index contributed by atoms with van der Waals surface area (Å²) in [4.78, 5) is 8.23. The minimum atomic E-state index is -0.551. The number of rotatable bonds is 0. The third-order valence-corrected chi connectivity index (χ3v) is 1.78. The van der Waals surface area contributed by atoms with Crippen molar-refractivity contribution in [2.24, 2.45) is 10.7 Å². The molecule has 2 N–H and O–H groups in total. The molecule has 2 rings (SSSR count). The van der Waals surface area contributed by atoms with Gasteiger partial charge in [-0.25, -0.2) is 4.98 Å². The summed E-state index contributed by atoms with van der Waals surface area (Å²) >= 11 is 0. The Labute approximate surface area is 75.5 Å². The van der Waals surface area contributed by atoms with E-state index in [0.29, 0.717) is 11.3 Å². The molecular weight excluding hydrogens is 166 g/mol. The van der Waals surface area contributed by atoms with Crippen LogP contribution in [0.25, 0.3) is 12.3 Å². The van der Waals surface area contributed by atoms with Crippen LogP contribution < -0.4 is 16.5 Å². The van der Waals surface area contributed by atoms with E-state index < -0.39 is 5.54 Å². The molecule has 0 saturated carbocycles. The van der Waals surface area contributed by atoms with Gasteiger partial charge in [0.05, 0.1) is 11.7 Å². The van der Waals surface area contributed by atoms with E-state index in [1.807, 2.05) is 13.0 Å². The molecule has 0 spiro atoms. The van der Waals surface area contributed by atoms with Gasteiger partial charge in [-0.15, -0.1) is 0 Å². The summed E-state index contributed by atoms with van der Waals surface area (Å²) in [6.45, 7) is 3.66. The highest BCUT2D eigenvalue weighted by molar-refractivity contribution is 5.81. The van der Waals surface area contributed by atoms with Gasteiger partial charge in [-0.1, -0.05) is 0 Å². The maximum absolute atomic E-state index is 5.90. The van der Waals surface area contributed by atoms with E-state index in [2.05, 4.69) is 9.98 Å². The Morgan fingerprint density at radius 3 is 3.08 bits per heavy atom. The second-order valence-electron chi connectivity index (χ2n) is 3.40. The van der Waals surface area contributed by atoms with Crippen LogP contribution in [0.2, 0.25) is 0 Å². The highest BCUT2D eigenvalue weighted by Crippen LogP contribution is 1.98. The highest BCUT2D eigenvalue weighted by Gasteiger charge is 2.13. The van der Waals surface area contributed by atoms with Crippen molar-refractivity contribution in [1.29, 1.82) is 0 Å². The maximum Gasteiger partial charge on any atom is 0.192 e. The zero-order valence-corrected chi connectivity index (χ0v) is 7.61. The van der Waals surface area contributed by atoms with E-state index in [-0.39, 0.29) is 0 Å². The summed E-state index contributed by atoms with van der Waals surface area (Å²) in [5.41, 5.74) is 6.01. The largest absolute Gasteiger partial charge is 0.439 e. The molecule has 1 atom stereocenters. The van der Waals surface area contributed by atoms with Gasteiger partial charge in [0, 0.05) is 13.1 Å². The van der Waals surface area contributed by atoms with Gasteiger partial charge in [0.25, 0.3) is 0 Å². The number of aliphatic imine (C=N–C) groups is 1. The maximum atomic E-state index is 5.90. The molecule has 1 unspecified atom stereocenters. The molecular formula is C9H11N3O. The summed E-state index contributed by atoms with van der Waals surface area (Å²) in [6, 6.07) is 0. The first-order valence-electron chi connectivity index (χ1n) is 4.07. The summed E-state index contributed by atoms with van der Waals surface area (Å²) in [5.74, 6) is 0.630. The molecule has 1 aliphatic heterocycles. The van der Waals surface area contributed by atoms with E-state index in [1.165, 1.54) is 0 Å². The van der Waals surface area contributed by atoms with Gasteiger partial charge in [-0.05, 0) is 13.0 Å². The van der Waals surface area contributed by atoms with Gasteiger partial charge in [0.1, 0.15) is 5.35 Å². The van der Waals surface area contributed by atoms with Crippen LogP contribution in [-0.2, 0) is 0 Å². The minimum absolute atomic E-state index is 0.551. The van der Waals surface area contributed by atoms with Crippen LogP contribution in [0.3, 0.4) is 0 Å². The molecule has 0 fully saturated rings. The molecule has 4 heteroatoms. The molecule has 0 radical (unpaired) electrons. The summed E-state index contributed by atoms with van der Waals surface area (Å²) in [7, 11) is 0. The number of aromatic nitrogens is 1. The zero-order chi connectivity index (χ0) is 9.47. The predicted molar refractivity (Wildman–Crippen MR) is 50.5 cm³/mol. The predicted octanol–water partition coefficient (Wildman–Crippen LogP) is -0.697. The van der Waals surface area contributed by atoms with Crippen molar-refractivity contribution in [3.8, 4) is 0 Å². The van der Waals surface area contributed by atoms with Gasteiger partial charge in [0.2, 0.25) is 0 Å².